The third-order valence-corrected chi connectivity index (χ3v) is 6.23. The summed E-state index contributed by atoms with van der Waals surface area (Å²) in [6, 6.07) is 9.07. The fourth-order valence-corrected chi connectivity index (χ4v) is 4.39. The minimum Gasteiger partial charge on any atom is -0.462 e. The molecule has 0 radical (unpaired) electrons. The van der Waals surface area contributed by atoms with Crippen LogP contribution in [0, 0.1) is 6.92 Å². The molecular weight excluding hydrogens is 496 g/mol. The molecule has 2 heterocycles. The Balaban J connectivity index is 2.03. The second-order valence-electron chi connectivity index (χ2n) is 7.10. The first-order valence-corrected chi connectivity index (χ1v) is 11.8. The lowest BCUT2D eigenvalue weighted by Crippen LogP contribution is -2.46. The molecule has 2 N–H and O–H groups in total. The standard InChI is InChI=1S/C24H23ClN2O7S/c1-4-32-23(30)17-13(3)19(24(31)33-5-2)35-22(17)27-20(26-21(29)16-7-6-12-34-16)18(28)14-8-10-15(25)11-9-14/h6-12,20,27H,4-5H2,1-3H3,(H,26,29)/t20-/m1/s1. The maximum absolute atomic E-state index is 13.3. The first-order chi connectivity index (χ1) is 16.8. The number of esters is 2. The fourth-order valence-electron chi connectivity index (χ4n) is 3.14. The molecule has 1 atom stereocenters. The number of halogens is 1. The molecular formula is C24H23ClN2O7S. The molecule has 0 aliphatic rings. The molecule has 0 saturated carbocycles. The maximum atomic E-state index is 13.3. The summed E-state index contributed by atoms with van der Waals surface area (Å²) in [4.78, 5) is 51.4. The van der Waals surface area contributed by atoms with E-state index >= 15 is 0 Å². The monoisotopic (exact) mass is 518 g/mol. The van der Waals surface area contributed by atoms with E-state index in [9.17, 15) is 19.2 Å². The van der Waals surface area contributed by atoms with Crippen LogP contribution in [0.2, 0.25) is 5.02 Å². The van der Waals surface area contributed by atoms with Gasteiger partial charge in [0.05, 0.1) is 25.0 Å². The molecule has 0 fully saturated rings. The van der Waals surface area contributed by atoms with Gasteiger partial charge in [-0.1, -0.05) is 11.6 Å². The molecule has 0 aliphatic heterocycles. The van der Waals surface area contributed by atoms with Gasteiger partial charge in [-0.3, -0.25) is 9.59 Å². The number of Topliss-reactive ketones (excluding diaryl/α,β-unsaturated/α-hetero) is 1. The first-order valence-electron chi connectivity index (χ1n) is 10.6. The average Bonchev–Trinajstić information content (AvgIpc) is 3.47. The maximum Gasteiger partial charge on any atom is 0.348 e. The van der Waals surface area contributed by atoms with E-state index in [1.807, 2.05) is 0 Å². The van der Waals surface area contributed by atoms with Crippen LogP contribution in [0.1, 0.15) is 60.4 Å². The molecule has 1 aromatic carbocycles. The van der Waals surface area contributed by atoms with E-state index in [0.717, 1.165) is 11.3 Å². The zero-order chi connectivity index (χ0) is 25.5. The highest BCUT2D eigenvalue weighted by atomic mass is 35.5. The van der Waals surface area contributed by atoms with E-state index in [1.54, 1.807) is 32.9 Å². The van der Waals surface area contributed by atoms with E-state index in [1.165, 1.54) is 30.5 Å². The van der Waals surface area contributed by atoms with Gasteiger partial charge in [0.1, 0.15) is 9.88 Å². The molecule has 3 rings (SSSR count). The summed E-state index contributed by atoms with van der Waals surface area (Å²) in [6.45, 7) is 5.14. The minimum atomic E-state index is -1.32. The number of carbonyl (C=O) groups excluding carboxylic acids is 4. The zero-order valence-electron chi connectivity index (χ0n) is 19.2. The third-order valence-electron chi connectivity index (χ3n) is 4.77. The lowest BCUT2D eigenvalue weighted by atomic mass is 10.1. The number of hydrogen-bond acceptors (Lipinski definition) is 9. The van der Waals surface area contributed by atoms with Crippen LogP contribution in [0.5, 0.6) is 0 Å². The number of ether oxygens (including phenoxy) is 2. The molecule has 9 nitrogen and oxygen atoms in total. The Labute approximate surface area is 210 Å². The SMILES string of the molecule is CCOC(=O)c1sc(N[C@@H](NC(=O)c2ccco2)C(=O)c2ccc(Cl)cc2)c(C(=O)OCC)c1C. The van der Waals surface area contributed by atoms with Crippen LogP contribution >= 0.6 is 22.9 Å². The van der Waals surface area contributed by atoms with Crippen molar-refractivity contribution in [3.05, 3.63) is 75.0 Å². The number of carbonyl (C=O) groups is 4. The Morgan fingerprint density at radius 1 is 1.03 bits per heavy atom. The Morgan fingerprint density at radius 3 is 2.29 bits per heavy atom. The molecule has 11 heteroatoms. The largest absolute Gasteiger partial charge is 0.462 e. The van der Waals surface area contributed by atoms with E-state index in [0.29, 0.717) is 10.6 Å². The van der Waals surface area contributed by atoms with Crippen LogP contribution in [0.3, 0.4) is 0 Å². The normalized spacial score (nSPS) is 11.4. The molecule has 3 aromatic rings. The average molecular weight is 519 g/mol. The Bertz CT molecular complexity index is 1220. The summed E-state index contributed by atoms with van der Waals surface area (Å²) in [5, 5.41) is 6.08. The lowest BCUT2D eigenvalue weighted by molar-refractivity contribution is 0.0526. The fraction of sp³-hybridized carbons (Fsp3) is 0.250. The van der Waals surface area contributed by atoms with Crippen LogP contribution in [0.25, 0.3) is 0 Å². The molecule has 0 spiro atoms. The summed E-state index contributed by atoms with van der Waals surface area (Å²) < 4.78 is 15.4. The van der Waals surface area contributed by atoms with Crippen LogP contribution in [0.15, 0.2) is 47.1 Å². The van der Waals surface area contributed by atoms with Crippen LogP contribution < -0.4 is 10.6 Å². The van der Waals surface area contributed by atoms with Gasteiger partial charge in [-0.2, -0.15) is 0 Å². The van der Waals surface area contributed by atoms with E-state index in [2.05, 4.69) is 10.6 Å². The van der Waals surface area contributed by atoms with Gasteiger partial charge in [-0.05, 0) is 62.7 Å². The Morgan fingerprint density at radius 2 is 1.69 bits per heavy atom. The number of ketones is 1. The highest BCUT2D eigenvalue weighted by Crippen LogP contribution is 2.35. The number of nitrogens with one attached hydrogen (secondary N) is 2. The molecule has 0 bridgehead atoms. The van der Waals surface area contributed by atoms with Crippen molar-refractivity contribution < 1.29 is 33.1 Å². The molecule has 35 heavy (non-hydrogen) atoms. The smallest absolute Gasteiger partial charge is 0.348 e. The summed E-state index contributed by atoms with van der Waals surface area (Å²) >= 11 is 6.86. The molecule has 2 aromatic heterocycles. The van der Waals surface area contributed by atoms with Gasteiger partial charge in [0.15, 0.2) is 11.9 Å². The molecule has 1 amide bonds. The number of thiophene rings is 1. The van der Waals surface area contributed by atoms with Crippen LogP contribution in [0.4, 0.5) is 5.00 Å². The lowest BCUT2D eigenvalue weighted by Gasteiger charge is -2.20. The number of benzene rings is 1. The summed E-state index contributed by atoms with van der Waals surface area (Å²) in [5.74, 6) is -2.49. The van der Waals surface area contributed by atoms with Gasteiger partial charge in [-0.25, -0.2) is 9.59 Å². The Hall–Kier alpha value is -3.63. The second-order valence-corrected chi connectivity index (χ2v) is 8.56. The van der Waals surface area contributed by atoms with Crippen molar-refractivity contribution in [3.63, 3.8) is 0 Å². The van der Waals surface area contributed by atoms with Crippen LogP contribution in [-0.4, -0.2) is 43.0 Å². The topological polar surface area (TPSA) is 124 Å². The van der Waals surface area contributed by atoms with Crippen molar-refractivity contribution in [3.8, 4) is 0 Å². The predicted molar refractivity (Wildman–Crippen MR) is 130 cm³/mol. The summed E-state index contributed by atoms with van der Waals surface area (Å²) in [7, 11) is 0. The van der Waals surface area contributed by atoms with E-state index in [4.69, 9.17) is 25.5 Å². The summed E-state index contributed by atoms with van der Waals surface area (Å²) in [5.41, 5.74) is 0.661. The number of furan rings is 1. The second kappa shape index (κ2) is 11.7. The number of hydrogen-bond donors (Lipinski definition) is 2. The number of amides is 1. The molecule has 184 valence electrons. The number of anilines is 1. The predicted octanol–water partition coefficient (Wildman–Crippen LogP) is 4.71. The van der Waals surface area contributed by atoms with Crippen molar-refractivity contribution in [2.75, 3.05) is 18.5 Å². The summed E-state index contributed by atoms with van der Waals surface area (Å²) in [6.07, 6.45) is 0.000844. The Kier molecular flexibility index (Phi) is 8.67. The van der Waals surface area contributed by atoms with Crippen molar-refractivity contribution >= 4 is 51.6 Å². The van der Waals surface area contributed by atoms with Gasteiger partial charge >= 0.3 is 11.9 Å². The van der Waals surface area contributed by atoms with Crippen molar-refractivity contribution in [2.45, 2.75) is 26.9 Å². The molecule has 0 unspecified atom stereocenters. The van der Waals surface area contributed by atoms with Gasteiger partial charge < -0.3 is 24.5 Å². The highest BCUT2D eigenvalue weighted by Gasteiger charge is 2.31. The van der Waals surface area contributed by atoms with Crippen molar-refractivity contribution in [2.24, 2.45) is 0 Å². The van der Waals surface area contributed by atoms with Crippen molar-refractivity contribution in [1.82, 2.24) is 5.32 Å². The van der Waals surface area contributed by atoms with Gasteiger partial charge in [0.25, 0.3) is 5.91 Å². The van der Waals surface area contributed by atoms with Crippen molar-refractivity contribution in [1.29, 1.82) is 0 Å². The van der Waals surface area contributed by atoms with Crippen LogP contribution in [-0.2, 0) is 9.47 Å². The minimum absolute atomic E-state index is 0.0131. The third kappa shape index (κ3) is 6.09. The molecule has 0 saturated heterocycles. The highest BCUT2D eigenvalue weighted by molar-refractivity contribution is 7.18. The number of rotatable bonds is 10. The zero-order valence-corrected chi connectivity index (χ0v) is 20.7. The van der Waals surface area contributed by atoms with Gasteiger partial charge in [0.2, 0.25) is 5.78 Å². The van der Waals surface area contributed by atoms with Gasteiger partial charge in [-0.15, -0.1) is 11.3 Å². The van der Waals surface area contributed by atoms with Gasteiger partial charge in [0, 0.05) is 10.6 Å². The quantitative estimate of drug-likeness (QED) is 0.225. The molecule has 0 aliphatic carbocycles. The van der Waals surface area contributed by atoms with E-state index in [-0.39, 0.29) is 40.0 Å². The van der Waals surface area contributed by atoms with E-state index < -0.39 is 29.8 Å². The first kappa shape index (κ1) is 26.0.